The molecule has 11 nitrogen and oxygen atoms in total. The van der Waals surface area contributed by atoms with Crippen LogP contribution in [0.15, 0.2) is 48.7 Å². The highest BCUT2D eigenvalue weighted by Gasteiger charge is 2.20. The summed E-state index contributed by atoms with van der Waals surface area (Å²) in [6.45, 7) is 1.04. The van der Waals surface area contributed by atoms with E-state index in [9.17, 15) is 17.0 Å². The van der Waals surface area contributed by atoms with Crippen LogP contribution in [0.4, 0.5) is 38.9 Å². The van der Waals surface area contributed by atoms with E-state index in [1.54, 1.807) is 30.3 Å². The highest BCUT2D eigenvalue weighted by molar-refractivity contribution is 7.92. The minimum atomic E-state index is -3.55. The molecule has 192 valence electrons. The molecule has 14 heteroatoms. The van der Waals surface area contributed by atoms with Crippen molar-refractivity contribution in [2.75, 3.05) is 58.2 Å². The van der Waals surface area contributed by atoms with Crippen LogP contribution in [0, 0.1) is 10.6 Å². The molecule has 1 aliphatic rings. The van der Waals surface area contributed by atoms with Gasteiger partial charge in [-0.2, -0.15) is 4.98 Å². The third-order valence-electron chi connectivity index (χ3n) is 5.40. The molecule has 0 amide bonds. The van der Waals surface area contributed by atoms with Crippen molar-refractivity contribution in [1.29, 1.82) is 4.78 Å². The van der Waals surface area contributed by atoms with Gasteiger partial charge in [-0.25, -0.2) is 22.0 Å². The summed E-state index contributed by atoms with van der Waals surface area (Å²) in [5.74, 6) is 0.334. The van der Waals surface area contributed by atoms with Crippen LogP contribution in [0.1, 0.15) is 0 Å². The highest BCUT2D eigenvalue weighted by Crippen LogP contribution is 2.33. The van der Waals surface area contributed by atoms with Gasteiger partial charge in [-0.15, -0.1) is 0 Å². The maximum Gasteiger partial charge on any atom is 0.229 e. The number of aromatic nitrogens is 2. The van der Waals surface area contributed by atoms with Crippen LogP contribution < -0.4 is 25.0 Å². The summed E-state index contributed by atoms with van der Waals surface area (Å²) in [5, 5.41) is 5.82. The van der Waals surface area contributed by atoms with Crippen molar-refractivity contribution in [3.63, 3.8) is 0 Å². The summed E-state index contributed by atoms with van der Waals surface area (Å²) in [6.07, 6.45) is 2.02. The lowest BCUT2D eigenvalue weighted by atomic mass is 10.2. The Balaban J connectivity index is 1.55. The molecule has 2 aromatic carbocycles. The molecule has 3 aromatic rings. The Morgan fingerprint density at radius 1 is 1.08 bits per heavy atom. The van der Waals surface area contributed by atoms with E-state index >= 15 is 0 Å². The van der Waals surface area contributed by atoms with Crippen molar-refractivity contribution in [2.24, 2.45) is 0 Å². The number of sulfonamides is 1. The number of anilines is 6. The maximum atomic E-state index is 14.5. The minimum absolute atomic E-state index is 0.0884. The van der Waals surface area contributed by atoms with Gasteiger partial charge in [0.15, 0.2) is 11.6 Å². The van der Waals surface area contributed by atoms with Gasteiger partial charge < -0.3 is 20.3 Å². The Kier molecular flexibility index (Phi) is 7.17. The smallest absolute Gasteiger partial charge is 0.229 e. The first-order valence-electron chi connectivity index (χ1n) is 10.8. The number of rotatable bonds is 8. The van der Waals surface area contributed by atoms with E-state index in [4.69, 9.17) is 9.52 Å². The molecule has 4 N–H and O–H groups in total. The minimum Gasteiger partial charge on any atom is -0.494 e. The second-order valence-corrected chi connectivity index (χ2v) is 12.3. The summed E-state index contributed by atoms with van der Waals surface area (Å²) < 4.78 is 65.4. The predicted molar refractivity (Wildman–Crippen MR) is 139 cm³/mol. The topological polar surface area (TPSA) is 149 Å². The van der Waals surface area contributed by atoms with Crippen LogP contribution in [-0.2, 0) is 19.8 Å². The fourth-order valence-electron chi connectivity index (χ4n) is 3.61. The largest absolute Gasteiger partial charge is 0.494 e. The van der Waals surface area contributed by atoms with Gasteiger partial charge in [0.25, 0.3) is 0 Å². The first-order valence-corrected chi connectivity index (χ1v) is 14.6. The number of benzene rings is 2. The van der Waals surface area contributed by atoms with Crippen LogP contribution in [0.3, 0.4) is 0 Å². The van der Waals surface area contributed by atoms with Crippen molar-refractivity contribution in [1.82, 2.24) is 9.97 Å². The van der Waals surface area contributed by atoms with E-state index in [1.165, 1.54) is 7.11 Å². The van der Waals surface area contributed by atoms with E-state index in [1.807, 2.05) is 17.0 Å². The Labute approximate surface area is 209 Å². The lowest BCUT2D eigenvalue weighted by Crippen LogP contribution is -2.39. The summed E-state index contributed by atoms with van der Waals surface area (Å²) in [5.41, 5.74) is 1.96. The fraction of sp³-hybridized carbons (Fsp3) is 0.273. The van der Waals surface area contributed by atoms with Gasteiger partial charge in [-0.3, -0.25) is 9.50 Å². The van der Waals surface area contributed by atoms with E-state index in [2.05, 4.69) is 25.3 Å². The molecular weight excluding hydrogens is 509 g/mol. The molecule has 1 aromatic heterocycles. The van der Waals surface area contributed by atoms with Crippen molar-refractivity contribution in [3.05, 3.63) is 54.5 Å². The predicted octanol–water partition coefficient (Wildman–Crippen LogP) is 3.35. The maximum absolute atomic E-state index is 14.5. The Morgan fingerprint density at radius 3 is 2.44 bits per heavy atom. The fourth-order valence-corrected chi connectivity index (χ4v) is 5.42. The number of hydrogen-bond acceptors (Lipinski definition) is 10. The molecule has 0 atom stereocenters. The number of methoxy groups -OCH3 is 1. The Morgan fingerprint density at radius 2 is 1.78 bits per heavy atom. The molecule has 1 fully saturated rings. The second-order valence-electron chi connectivity index (χ2n) is 8.15. The zero-order valence-electron chi connectivity index (χ0n) is 19.6. The standard InChI is InChI=1S/C22H26FN7O4S2/c1-34-20-13-15(30-9-11-36(24,33)12-10-30)7-8-19(20)27-22-25-14-16(23)21(28-22)26-17-5-3-4-6-18(17)29-35(2,31)32/h3-8,13-14,24,29H,9-12H2,1-2H3,(H2,25,26,27,28). The van der Waals surface area contributed by atoms with Gasteiger partial charge in [0.05, 0.1) is 36.6 Å². The van der Waals surface area contributed by atoms with Crippen molar-refractivity contribution >= 4 is 54.3 Å². The molecule has 0 unspecified atom stereocenters. The molecule has 0 bridgehead atoms. The molecule has 0 saturated carbocycles. The van der Waals surface area contributed by atoms with E-state index in [0.29, 0.717) is 41.7 Å². The third-order valence-corrected chi connectivity index (χ3v) is 7.67. The van der Waals surface area contributed by atoms with Crippen LogP contribution in [0.2, 0.25) is 0 Å². The molecule has 2 heterocycles. The lowest BCUT2D eigenvalue weighted by Gasteiger charge is -2.30. The third kappa shape index (κ3) is 6.31. The monoisotopic (exact) mass is 535 g/mol. The van der Waals surface area contributed by atoms with Gasteiger partial charge in [0.2, 0.25) is 16.0 Å². The first kappa shape index (κ1) is 25.4. The molecular formula is C22H26FN7O4S2. The number of nitrogens with one attached hydrogen (secondary N) is 4. The average Bonchev–Trinajstić information content (AvgIpc) is 2.82. The second kappa shape index (κ2) is 10.1. The average molecular weight is 536 g/mol. The lowest BCUT2D eigenvalue weighted by molar-refractivity contribution is 0.416. The first-order chi connectivity index (χ1) is 17.0. The molecule has 4 rings (SSSR count). The van der Waals surface area contributed by atoms with Gasteiger partial charge >= 0.3 is 0 Å². The Bertz CT molecular complexity index is 1470. The number of hydrogen-bond donors (Lipinski definition) is 4. The molecule has 1 saturated heterocycles. The normalized spacial score (nSPS) is 15.2. The van der Waals surface area contributed by atoms with E-state index in [0.717, 1.165) is 18.1 Å². The van der Waals surface area contributed by atoms with Crippen LogP contribution in [-0.4, -0.2) is 60.6 Å². The molecule has 36 heavy (non-hydrogen) atoms. The molecule has 1 aliphatic heterocycles. The van der Waals surface area contributed by atoms with Crippen molar-refractivity contribution in [2.45, 2.75) is 0 Å². The number of para-hydroxylation sites is 2. The summed E-state index contributed by atoms with van der Waals surface area (Å²) >= 11 is 0. The van der Waals surface area contributed by atoms with Gasteiger partial charge in [0.1, 0.15) is 5.75 Å². The zero-order chi connectivity index (χ0) is 25.9. The SMILES string of the molecule is COc1cc(N2CCS(=N)(=O)CC2)ccc1Nc1ncc(F)c(Nc2ccccc2NS(C)(=O)=O)n1. The van der Waals surface area contributed by atoms with Crippen molar-refractivity contribution < 1.29 is 21.8 Å². The van der Waals surface area contributed by atoms with E-state index in [-0.39, 0.29) is 17.5 Å². The Hall–Kier alpha value is -3.65. The van der Waals surface area contributed by atoms with Gasteiger partial charge in [-0.05, 0) is 24.3 Å². The zero-order valence-corrected chi connectivity index (χ0v) is 21.2. The summed E-state index contributed by atoms with van der Waals surface area (Å²) in [4.78, 5) is 10.2. The van der Waals surface area contributed by atoms with Crippen molar-refractivity contribution in [3.8, 4) is 5.75 Å². The summed E-state index contributed by atoms with van der Waals surface area (Å²) in [6, 6.07) is 11.9. The van der Waals surface area contributed by atoms with Crippen LogP contribution in [0.5, 0.6) is 5.75 Å². The summed E-state index contributed by atoms with van der Waals surface area (Å²) in [7, 11) is -4.53. The molecule has 0 radical (unpaired) electrons. The van der Waals surface area contributed by atoms with Gasteiger partial charge in [0, 0.05) is 46.1 Å². The van der Waals surface area contributed by atoms with Crippen LogP contribution >= 0.6 is 0 Å². The van der Waals surface area contributed by atoms with E-state index < -0.39 is 25.6 Å². The molecule has 0 spiro atoms. The quantitative estimate of drug-likeness (QED) is 0.341. The number of ether oxygens (including phenoxy) is 1. The van der Waals surface area contributed by atoms with Gasteiger partial charge in [-0.1, -0.05) is 12.1 Å². The highest BCUT2D eigenvalue weighted by atomic mass is 32.2. The molecule has 0 aliphatic carbocycles. The van der Waals surface area contributed by atoms with Crippen LogP contribution in [0.25, 0.3) is 0 Å². The number of nitrogens with zero attached hydrogens (tertiary/aromatic N) is 3. The number of halogens is 1.